The van der Waals surface area contributed by atoms with Crippen molar-refractivity contribution < 1.29 is 58.5 Å². The Morgan fingerprint density at radius 2 is 1.08 bits per heavy atom. The van der Waals surface area contributed by atoms with Crippen molar-refractivity contribution >= 4 is 53.3 Å². The molecule has 0 aromatic heterocycles. The molecule has 2 aromatic carbocycles. The van der Waals surface area contributed by atoms with Gasteiger partial charge in [0.25, 0.3) is 0 Å². The highest BCUT2D eigenvalue weighted by Crippen LogP contribution is 2.21. The average molecular weight is 923 g/mol. The van der Waals surface area contributed by atoms with Gasteiger partial charge in [-0.15, -0.1) is 0 Å². The molecule has 0 spiro atoms. The third-order valence-corrected chi connectivity index (χ3v) is 11.2. The molecular weight excluding hydrogens is 857 g/mol. The summed E-state index contributed by atoms with van der Waals surface area (Å²) < 4.78 is 0. The van der Waals surface area contributed by atoms with E-state index in [-0.39, 0.29) is 44.4 Å². The first-order valence-electron chi connectivity index (χ1n) is 22.1. The summed E-state index contributed by atoms with van der Waals surface area (Å²) in [6.45, 7) is 11.7. The summed E-state index contributed by atoms with van der Waals surface area (Å²) in [5, 5.41) is 44.4. The summed E-state index contributed by atoms with van der Waals surface area (Å²) in [6, 6.07) is 4.84. The lowest BCUT2D eigenvalue weighted by atomic mass is 9.98. The van der Waals surface area contributed by atoms with E-state index in [0.29, 0.717) is 17.5 Å². The number of aromatic hydroxyl groups is 1. The van der Waals surface area contributed by atoms with Gasteiger partial charge in [0.1, 0.15) is 48.0 Å². The second-order valence-electron chi connectivity index (χ2n) is 17.7. The zero-order valence-electron chi connectivity index (χ0n) is 38.5. The van der Waals surface area contributed by atoms with Crippen molar-refractivity contribution in [1.82, 2.24) is 36.8 Å². The summed E-state index contributed by atoms with van der Waals surface area (Å²) in [5.41, 5.74) is 7.04. The minimum absolute atomic E-state index is 0.0493. The number of phenolic OH excluding ortho intramolecular Hbond substituents is 1. The number of nitrogens with one attached hydrogen (secondary N) is 6. The summed E-state index contributed by atoms with van der Waals surface area (Å²) in [6.07, 6.45) is 0.0314. The lowest BCUT2D eigenvalue weighted by molar-refractivity contribution is -0.150. The smallest absolute Gasteiger partial charge is 0.326 e. The fourth-order valence-electron chi connectivity index (χ4n) is 7.29. The van der Waals surface area contributed by atoms with Crippen LogP contribution in [0.2, 0.25) is 0 Å². The molecule has 1 aliphatic rings. The van der Waals surface area contributed by atoms with Crippen LogP contribution in [0, 0.1) is 17.8 Å². The summed E-state index contributed by atoms with van der Waals surface area (Å²) in [7, 11) is 0. The van der Waals surface area contributed by atoms with E-state index in [1.807, 2.05) is 0 Å². The van der Waals surface area contributed by atoms with E-state index in [2.05, 4.69) is 31.9 Å². The third kappa shape index (κ3) is 16.1. The Hall–Kier alpha value is -6.57. The van der Waals surface area contributed by atoms with E-state index in [1.54, 1.807) is 71.9 Å². The van der Waals surface area contributed by atoms with Crippen molar-refractivity contribution in [2.75, 3.05) is 6.54 Å². The van der Waals surface area contributed by atoms with E-state index in [0.717, 1.165) is 0 Å². The number of carbonyl (C=O) groups is 9. The number of rotatable bonds is 24. The van der Waals surface area contributed by atoms with Crippen LogP contribution < -0.4 is 37.6 Å². The van der Waals surface area contributed by atoms with Gasteiger partial charge in [-0.25, -0.2) is 4.79 Å². The number of amides is 7. The Kier molecular flexibility index (Phi) is 20.5. The molecule has 1 saturated heterocycles. The molecule has 3 rings (SSSR count). The molecule has 7 amide bonds. The molecule has 20 heteroatoms. The first-order valence-corrected chi connectivity index (χ1v) is 22.1. The Bertz CT molecular complexity index is 2030. The Balaban J connectivity index is 1.84. The van der Waals surface area contributed by atoms with E-state index in [9.17, 15) is 53.4 Å². The first-order chi connectivity index (χ1) is 31.0. The minimum Gasteiger partial charge on any atom is -0.508 e. The van der Waals surface area contributed by atoms with E-state index in [1.165, 1.54) is 36.1 Å². The zero-order chi connectivity index (χ0) is 49.4. The number of nitrogens with zero attached hydrogens (tertiary/aromatic N) is 1. The van der Waals surface area contributed by atoms with Crippen LogP contribution in [-0.4, -0.2) is 128 Å². The fourth-order valence-corrected chi connectivity index (χ4v) is 7.29. The topological polar surface area (TPSA) is 316 Å². The summed E-state index contributed by atoms with van der Waals surface area (Å²) in [4.78, 5) is 120. The molecular formula is C46H66N8O12. The van der Waals surface area contributed by atoms with Crippen LogP contribution in [0.1, 0.15) is 85.3 Å². The Morgan fingerprint density at radius 3 is 1.59 bits per heavy atom. The molecule has 0 saturated carbocycles. The number of phenols is 1. The normalized spacial score (nSPS) is 16.8. The third-order valence-electron chi connectivity index (χ3n) is 11.2. The van der Waals surface area contributed by atoms with Gasteiger partial charge >= 0.3 is 11.9 Å². The quantitative estimate of drug-likeness (QED) is 0.0681. The number of carboxylic acid groups (broad SMARTS) is 2. The van der Waals surface area contributed by atoms with Gasteiger partial charge in [0.2, 0.25) is 41.4 Å². The second-order valence-corrected chi connectivity index (χ2v) is 17.7. The molecule has 20 nitrogen and oxygen atoms in total. The van der Waals surface area contributed by atoms with Crippen LogP contribution >= 0.6 is 0 Å². The van der Waals surface area contributed by atoms with E-state index >= 15 is 0 Å². The lowest BCUT2D eigenvalue weighted by Crippen LogP contribution is -2.61. The Morgan fingerprint density at radius 1 is 0.606 bits per heavy atom. The molecule has 1 fully saturated rings. The van der Waals surface area contributed by atoms with Gasteiger partial charge < -0.3 is 57.9 Å². The minimum atomic E-state index is -1.36. The van der Waals surface area contributed by atoms with E-state index < -0.39 is 119 Å². The van der Waals surface area contributed by atoms with Crippen molar-refractivity contribution in [2.24, 2.45) is 23.5 Å². The molecule has 2 aromatic rings. The maximum absolute atomic E-state index is 14.3. The number of aliphatic carboxylic acids is 2. The number of benzene rings is 2. The first kappa shape index (κ1) is 53.8. The van der Waals surface area contributed by atoms with Gasteiger partial charge in [-0.1, -0.05) is 84.0 Å². The SMILES string of the molecule is CC(C)[C@H](NC(=O)[C@H](C)NC(=O)[C@H](Cc1ccccc1)NC(=O)[C@H](Cc1ccc(O)cc1)NC(=O)[C@@H](NC(=O)[C@@H](N)CCC(=O)O)C(C)C)C(=O)N[C@H](C(=O)N1CCC[C@H]1C(=O)O)C(C)C. The van der Waals surface area contributed by atoms with Gasteiger partial charge in [-0.05, 0) is 67.2 Å². The second kappa shape index (κ2) is 25.2. The molecule has 0 bridgehead atoms. The number of hydrogen-bond acceptors (Lipinski definition) is 11. The van der Waals surface area contributed by atoms with Crippen molar-refractivity contribution in [3.05, 3.63) is 65.7 Å². The van der Waals surface area contributed by atoms with Crippen LogP contribution in [0.3, 0.4) is 0 Å². The van der Waals surface area contributed by atoms with Gasteiger partial charge in [0.05, 0.1) is 6.04 Å². The molecule has 11 N–H and O–H groups in total. The van der Waals surface area contributed by atoms with Crippen molar-refractivity contribution in [3.63, 3.8) is 0 Å². The highest BCUT2D eigenvalue weighted by Gasteiger charge is 2.40. The van der Waals surface area contributed by atoms with Crippen LogP contribution in [0.5, 0.6) is 5.75 Å². The van der Waals surface area contributed by atoms with Crippen molar-refractivity contribution in [2.45, 2.75) is 135 Å². The number of likely N-dealkylation sites (tertiary alicyclic amines) is 1. The largest absolute Gasteiger partial charge is 0.508 e. The summed E-state index contributed by atoms with van der Waals surface area (Å²) >= 11 is 0. The number of nitrogens with two attached hydrogens (primary N) is 1. The number of hydrogen-bond donors (Lipinski definition) is 10. The Labute approximate surface area is 384 Å². The monoisotopic (exact) mass is 922 g/mol. The van der Waals surface area contributed by atoms with Crippen molar-refractivity contribution in [3.8, 4) is 5.75 Å². The number of carboxylic acids is 2. The maximum atomic E-state index is 14.3. The zero-order valence-corrected chi connectivity index (χ0v) is 38.5. The molecule has 66 heavy (non-hydrogen) atoms. The van der Waals surface area contributed by atoms with Crippen molar-refractivity contribution in [1.29, 1.82) is 0 Å². The molecule has 0 radical (unpaired) electrons. The van der Waals surface area contributed by atoms with E-state index in [4.69, 9.17) is 10.8 Å². The van der Waals surface area contributed by atoms with Gasteiger partial charge in [0, 0.05) is 25.8 Å². The molecule has 362 valence electrons. The van der Waals surface area contributed by atoms with Gasteiger partial charge in [-0.2, -0.15) is 0 Å². The average Bonchev–Trinajstić information content (AvgIpc) is 3.76. The predicted molar refractivity (Wildman–Crippen MR) is 241 cm³/mol. The van der Waals surface area contributed by atoms with Crippen LogP contribution in [-0.2, 0) is 56.0 Å². The van der Waals surface area contributed by atoms with Gasteiger partial charge in [-0.3, -0.25) is 38.4 Å². The molecule has 8 atom stereocenters. The molecule has 0 aliphatic carbocycles. The van der Waals surface area contributed by atoms with Crippen LogP contribution in [0.4, 0.5) is 0 Å². The fraction of sp³-hybridized carbons (Fsp3) is 0.543. The van der Waals surface area contributed by atoms with Crippen LogP contribution in [0.25, 0.3) is 0 Å². The highest BCUT2D eigenvalue weighted by molar-refractivity contribution is 5.98. The molecule has 1 heterocycles. The maximum Gasteiger partial charge on any atom is 0.326 e. The lowest BCUT2D eigenvalue weighted by Gasteiger charge is -2.31. The predicted octanol–water partition coefficient (Wildman–Crippen LogP) is 0.342. The molecule has 1 aliphatic heterocycles. The van der Waals surface area contributed by atoms with Crippen LogP contribution in [0.15, 0.2) is 54.6 Å². The molecule has 0 unspecified atom stereocenters. The number of carbonyl (C=O) groups excluding carboxylic acids is 7. The standard InChI is InChI=1S/C46H66N8O12/c1-24(2)36(52-40(59)31(47)19-20-35(56)57)43(62)50-33(23-29-15-17-30(55)18-16-29)42(61)49-32(22-28-12-9-8-10-13-28)41(60)48-27(7)39(58)51-37(25(3)4)44(63)53-38(26(5)6)45(64)54-21-11-14-34(54)46(65)66/h8-10,12-13,15-18,24-27,31-34,36-38,55H,11,14,19-23,47H2,1-7H3,(H,48,60)(H,49,61)(H,50,62)(H,51,58)(H,52,59)(H,53,63)(H,56,57)(H,65,66)/t27-,31-,32-,33-,34-,36-,37-,38-/m0/s1. The highest BCUT2D eigenvalue weighted by atomic mass is 16.4. The van der Waals surface area contributed by atoms with Gasteiger partial charge in [0.15, 0.2) is 0 Å². The summed E-state index contributed by atoms with van der Waals surface area (Å²) in [5.74, 6) is -8.94.